The third kappa shape index (κ3) is 13.9. The normalized spacial score (nSPS) is 11.2. The van der Waals surface area contributed by atoms with Crippen LogP contribution in [0.25, 0.3) is 0 Å². The van der Waals surface area contributed by atoms with Gasteiger partial charge in [0.05, 0.1) is 34.2 Å². The van der Waals surface area contributed by atoms with Crippen LogP contribution in [0.15, 0.2) is 52.4 Å². The number of hydrogen-bond acceptors (Lipinski definition) is 3. The van der Waals surface area contributed by atoms with E-state index in [1.165, 1.54) is 96.1 Å². The summed E-state index contributed by atoms with van der Waals surface area (Å²) in [5.74, 6) is 0. The Labute approximate surface area is 311 Å². The van der Waals surface area contributed by atoms with Crippen LogP contribution in [0.2, 0.25) is 0 Å². The molecule has 0 N–H and O–H groups in total. The van der Waals surface area contributed by atoms with E-state index in [0.29, 0.717) is 0 Å². The number of nitrogens with zero attached hydrogens (tertiary/aromatic N) is 3. The molecule has 0 amide bonds. The first-order chi connectivity index (χ1) is 20.3. The zero-order chi connectivity index (χ0) is 30.5. The van der Waals surface area contributed by atoms with Crippen LogP contribution in [-0.2, 0) is 44.2 Å². The molecule has 0 atom stereocenters. The maximum atomic E-state index is 5.28. The number of halogens is 3. The monoisotopic (exact) mass is 721 g/mol. The smallest absolute Gasteiger partial charge is 0.0849 e. The Balaban J connectivity index is 0. The van der Waals surface area contributed by atoms with Crippen LogP contribution in [0.4, 0.5) is 11.4 Å². The van der Waals surface area contributed by atoms with E-state index < -0.39 is 0 Å². The van der Waals surface area contributed by atoms with E-state index in [1.807, 2.05) is 0 Å². The van der Waals surface area contributed by atoms with Gasteiger partial charge in [-0.05, 0) is 113 Å². The van der Waals surface area contributed by atoms with Crippen LogP contribution in [0.1, 0.15) is 138 Å². The number of aromatic nitrogens is 1. The average molecular weight is 723 g/mol. The molecule has 0 spiro atoms. The van der Waals surface area contributed by atoms with E-state index in [9.17, 15) is 0 Å². The first kappa shape index (κ1) is 46.5. The summed E-state index contributed by atoms with van der Waals surface area (Å²) in [7, 11) is 0. The molecule has 1 aromatic heterocycles. The van der Waals surface area contributed by atoms with Crippen molar-refractivity contribution >= 4 is 22.8 Å². The largest absolute Gasteiger partial charge is 1.00 e. The maximum absolute atomic E-state index is 5.28. The Morgan fingerprint density at radius 3 is 1.09 bits per heavy atom. The molecule has 0 aliphatic carbocycles. The van der Waals surface area contributed by atoms with Crippen LogP contribution >= 0.6 is 0 Å². The van der Waals surface area contributed by atoms with Crippen molar-refractivity contribution in [3.63, 3.8) is 0 Å². The van der Waals surface area contributed by atoms with E-state index in [0.717, 1.165) is 48.5 Å². The second-order valence-corrected chi connectivity index (χ2v) is 12.1. The number of aryl methyl sites for hydroxylation is 6. The van der Waals surface area contributed by atoms with Gasteiger partial charge in [-0.15, -0.1) is 0 Å². The second-order valence-electron chi connectivity index (χ2n) is 12.1. The van der Waals surface area contributed by atoms with Gasteiger partial charge < -0.3 is 37.2 Å². The Kier molecular flexibility index (Phi) is 24.8. The number of unbranched alkanes of at least 4 members (excludes halogenated alkanes) is 4. The zero-order valence-corrected chi connectivity index (χ0v) is 33.1. The first-order valence-electron chi connectivity index (χ1n) is 16.6. The SMILES string of the molecule is CCCCc1cc(C)cc(CCCC)c1N=C(C)c1cccc(C(C)=Nc2c(CCCC)cc(C)cc2CCCC)n1.[Cl-].[Cl-].[Cl-].[V]. The van der Waals surface area contributed by atoms with Crippen LogP contribution in [0, 0.1) is 13.8 Å². The molecule has 0 fully saturated rings. The molecule has 3 nitrogen and oxygen atoms in total. The van der Waals surface area contributed by atoms with Crippen LogP contribution in [-0.4, -0.2) is 16.4 Å². The molecule has 0 bridgehead atoms. The van der Waals surface area contributed by atoms with E-state index >= 15 is 0 Å². The van der Waals surface area contributed by atoms with E-state index in [4.69, 9.17) is 15.0 Å². The third-order valence-electron chi connectivity index (χ3n) is 8.07. The summed E-state index contributed by atoms with van der Waals surface area (Å²) in [6.07, 6.45) is 13.7. The molecule has 1 radical (unpaired) electrons. The van der Waals surface area contributed by atoms with Crippen LogP contribution in [0.5, 0.6) is 0 Å². The van der Waals surface area contributed by atoms with Crippen LogP contribution < -0.4 is 37.2 Å². The molecule has 7 heteroatoms. The van der Waals surface area contributed by atoms with Crippen molar-refractivity contribution in [3.05, 3.63) is 87.2 Å². The van der Waals surface area contributed by atoms with Crippen molar-refractivity contribution in [2.24, 2.45) is 9.98 Å². The van der Waals surface area contributed by atoms with Gasteiger partial charge in [0.15, 0.2) is 0 Å². The molecular formula is C39H55Cl3N3V-3. The van der Waals surface area contributed by atoms with Crippen molar-refractivity contribution in [2.45, 2.75) is 132 Å². The van der Waals surface area contributed by atoms with Gasteiger partial charge in [-0.1, -0.05) is 94.8 Å². The van der Waals surface area contributed by atoms with Crippen molar-refractivity contribution in [1.82, 2.24) is 4.98 Å². The van der Waals surface area contributed by atoms with Crippen molar-refractivity contribution in [1.29, 1.82) is 0 Å². The Morgan fingerprint density at radius 2 is 0.826 bits per heavy atom. The molecule has 0 aliphatic rings. The fraction of sp³-hybridized carbons (Fsp3) is 0.513. The third-order valence-corrected chi connectivity index (χ3v) is 8.07. The second kappa shape index (κ2) is 24.5. The predicted octanol–water partition coefficient (Wildman–Crippen LogP) is 2.36. The fourth-order valence-electron chi connectivity index (χ4n) is 5.67. The van der Waals surface area contributed by atoms with Gasteiger partial charge in [0.25, 0.3) is 0 Å². The standard InChI is InChI=1S/C39H55N3.3ClH.V/c1-9-13-18-32-24-28(5)25-33(19-14-10-2)38(32)40-30(7)36-22-17-23-37(42-36)31(8)41-39-34(20-15-11-3)26-29(6)27-35(39)21-16-12-4;;;;/h17,22-27H,9-16,18-21H2,1-8H3;3*1H;/p-3. The van der Waals surface area contributed by atoms with Gasteiger partial charge in [0, 0.05) is 18.6 Å². The van der Waals surface area contributed by atoms with Gasteiger partial charge >= 0.3 is 0 Å². The summed E-state index contributed by atoms with van der Waals surface area (Å²) >= 11 is 0. The van der Waals surface area contributed by atoms with Gasteiger partial charge in [-0.3, -0.25) is 9.98 Å². The number of rotatable bonds is 16. The number of benzene rings is 2. The molecule has 1 heterocycles. The molecule has 46 heavy (non-hydrogen) atoms. The van der Waals surface area contributed by atoms with E-state index in [1.54, 1.807) is 0 Å². The minimum absolute atomic E-state index is 0. The van der Waals surface area contributed by atoms with E-state index in [2.05, 4.69) is 97.9 Å². The molecule has 0 saturated heterocycles. The summed E-state index contributed by atoms with van der Waals surface area (Å²) in [6.45, 7) is 17.7. The summed E-state index contributed by atoms with van der Waals surface area (Å²) in [5.41, 5.74) is 14.3. The zero-order valence-electron chi connectivity index (χ0n) is 29.4. The molecule has 0 aliphatic heterocycles. The maximum Gasteiger partial charge on any atom is 0.0849 e. The van der Waals surface area contributed by atoms with Gasteiger partial charge in [-0.25, -0.2) is 4.98 Å². The Hall–Kier alpha value is -1.62. The summed E-state index contributed by atoms with van der Waals surface area (Å²) in [4.78, 5) is 15.7. The molecule has 3 rings (SSSR count). The minimum Gasteiger partial charge on any atom is -1.00 e. The molecule has 3 aromatic rings. The molecule has 2 aromatic carbocycles. The van der Waals surface area contributed by atoms with E-state index in [-0.39, 0.29) is 55.8 Å². The van der Waals surface area contributed by atoms with Gasteiger partial charge in [0.1, 0.15) is 0 Å². The summed E-state index contributed by atoms with van der Waals surface area (Å²) < 4.78 is 0. The quantitative estimate of drug-likeness (QED) is 0.210. The van der Waals surface area contributed by atoms with Crippen LogP contribution in [0.3, 0.4) is 0 Å². The first-order valence-corrected chi connectivity index (χ1v) is 16.6. The predicted molar refractivity (Wildman–Crippen MR) is 185 cm³/mol. The van der Waals surface area contributed by atoms with Crippen molar-refractivity contribution in [2.75, 3.05) is 0 Å². The Morgan fingerprint density at radius 1 is 0.543 bits per heavy atom. The molecular weight excluding hydrogens is 668 g/mol. The molecule has 255 valence electrons. The van der Waals surface area contributed by atoms with Crippen molar-refractivity contribution in [3.8, 4) is 0 Å². The Bertz CT molecular complexity index is 1230. The average Bonchev–Trinajstić information content (AvgIpc) is 2.98. The van der Waals surface area contributed by atoms with Gasteiger partial charge in [-0.2, -0.15) is 0 Å². The topological polar surface area (TPSA) is 37.6 Å². The van der Waals surface area contributed by atoms with Crippen molar-refractivity contribution < 1.29 is 55.8 Å². The number of hydrogen-bond donors (Lipinski definition) is 0. The summed E-state index contributed by atoms with van der Waals surface area (Å²) in [5, 5.41) is 0. The van der Waals surface area contributed by atoms with Gasteiger partial charge in [0.2, 0.25) is 0 Å². The summed E-state index contributed by atoms with van der Waals surface area (Å²) in [6, 6.07) is 15.6. The minimum atomic E-state index is 0. The molecule has 0 unspecified atom stereocenters. The molecule has 0 saturated carbocycles. The fourth-order valence-corrected chi connectivity index (χ4v) is 5.67. The number of pyridine rings is 1. The number of aliphatic imine (C=N–C) groups is 2.